The van der Waals surface area contributed by atoms with E-state index in [2.05, 4.69) is 18.7 Å². The molecule has 0 unspecified atom stereocenters. The third-order valence-corrected chi connectivity index (χ3v) is 3.74. The van der Waals surface area contributed by atoms with E-state index in [0.29, 0.717) is 12.8 Å². The van der Waals surface area contributed by atoms with Crippen LogP contribution in [-0.2, 0) is 4.79 Å². The van der Waals surface area contributed by atoms with E-state index >= 15 is 0 Å². The minimum Gasteiger partial charge on any atom is -0.480 e. The molecule has 0 saturated carbocycles. The molecule has 3 nitrogen and oxygen atoms in total. The van der Waals surface area contributed by atoms with Gasteiger partial charge in [0.25, 0.3) is 0 Å². The van der Waals surface area contributed by atoms with Gasteiger partial charge in [-0.25, -0.2) is 0 Å². The van der Waals surface area contributed by atoms with Crippen LogP contribution < -0.4 is 0 Å². The molecule has 0 aromatic rings. The zero-order chi connectivity index (χ0) is 13.3. The highest BCUT2D eigenvalue weighted by Crippen LogP contribution is 2.25. The highest BCUT2D eigenvalue weighted by atomic mass is 16.4. The molecular formula is C14H29NO2. The number of carboxylic acid groups (broad SMARTS) is 1. The minimum atomic E-state index is -0.658. The lowest BCUT2D eigenvalue weighted by molar-refractivity contribution is -0.152. The van der Waals surface area contributed by atoms with Crippen LogP contribution in [0.5, 0.6) is 0 Å². The van der Waals surface area contributed by atoms with Gasteiger partial charge in [-0.05, 0) is 38.8 Å². The third-order valence-electron chi connectivity index (χ3n) is 3.74. The predicted molar refractivity (Wildman–Crippen MR) is 72.3 cm³/mol. The zero-order valence-corrected chi connectivity index (χ0v) is 12.0. The van der Waals surface area contributed by atoms with E-state index in [1.165, 1.54) is 0 Å². The van der Waals surface area contributed by atoms with Gasteiger partial charge in [-0.3, -0.25) is 9.69 Å². The summed E-state index contributed by atoms with van der Waals surface area (Å²) >= 11 is 0. The molecule has 0 atom stereocenters. The Labute approximate surface area is 106 Å². The van der Waals surface area contributed by atoms with Gasteiger partial charge in [0.05, 0.1) is 0 Å². The first-order valence-corrected chi connectivity index (χ1v) is 7.07. The second-order valence-corrected chi connectivity index (χ2v) is 4.74. The third kappa shape index (κ3) is 4.30. The van der Waals surface area contributed by atoms with E-state index in [0.717, 1.165) is 38.8 Å². The summed E-state index contributed by atoms with van der Waals surface area (Å²) in [5, 5.41) is 9.55. The van der Waals surface area contributed by atoms with Gasteiger partial charge >= 0.3 is 5.97 Å². The molecule has 0 bridgehead atoms. The second-order valence-electron chi connectivity index (χ2n) is 4.74. The number of carboxylic acids is 1. The fourth-order valence-electron chi connectivity index (χ4n) is 2.37. The quantitative estimate of drug-likeness (QED) is 0.638. The highest BCUT2D eigenvalue weighted by molar-refractivity contribution is 5.78. The standard InChI is InChI=1S/C14H29NO2/c1-5-9-11-15(12-10-6-2)14(7-3,8-4)13(16)17/h5-12H2,1-4H3,(H,16,17). The van der Waals surface area contributed by atoms with Gasteiger partial charge in [0.1, 0.15) is 5.54 Å². The maximum atomic E-state index is 11.6. The largest absolute Gasteiger partial charge is 0.480 e. The fourth-order valence-corrected chi connectivity index (χ4v) is 2.37. The maximum absolute atomic E-state index is 11.6. The van der Waals surface area contributed by atoms with Crippen molar-refractivity contribution in [3.8, 4) is 0 Å². The van der Waals surface area contributed by atoms with Gasteiger partial charge in [0.15, 0.2) is 0 Å². The lowest BCUT2D eigenvalue weighted by atomic mass is 9.90. The Morgan fingerprint density at radius 2 is 1.41 bits per heavy atom. The van der Waals surface area contributed by atoms with Crippen LogP contribution in [0.4, 0.5) is 0 Å². The summed E-state index contributed by atoms with van der Waals surface area (Å²) < 4.78 is 0. The number of hydrogen-bond donors (Lipinski definition) is 1. The van der Waals surface area contributed by atoms with Crippen LogP contribution in [0.15, 0.2) is 0 Å². The molecule has 0 saturated heterocycles. The summed E-state index contributed by atoms with van der Waals surface area (Å²) in [6.45, 7) is 10.1. The fraction of sp³-hybridized carbons (Fsp3) is 0.929. The maximum Gasteiger partial charge on any atom is 0.324 e. The molecular weight excluding hydrogens is 214 g/mol. The molecule has 102 valence electrons. The number of unbranched alkanes of at least 4 members (excludes halogenated alkanes) is 2. The van der Waals surface area contributed by atoms with Gasteiger partial charge in [-0.15, -0.1) is 0 Å². The van der Waals surface area contributed by atoms with Crippen LogP contribution in [0.25, 0.3) is 0 Å². The summed E-state index contributed by atoms with van der Waals surface area (Å²) in [4.78, 5) is 13.8. The first-order chi connectivity index (χ1) is 8.08. The smallest absolute Gasteiger partial charge is 0.324 e. The average Bonchev–Trinajstić information content (AvgIpc) is 2.33. The molecule has 0 spiro atoms. The van der Waals surface area contributed by atoms with Crippen molar-refractivity contribution < 1.29 is 9.90 Å². The Bertz CT molecular complexity index is 204. The molecule has 1 N–H and O–H groups in total. The minimum absolute atomic E-state index is 0.648. The van der Waals surface area contributed by atoms with Crippen molar-refractivity contribution in [1.29, 1.82) is 0 Å². The summed E-state index contributed by atoms with van der Waals surface area (Å²) in [5.41, 5.74) is -0.648. The van der Waals surface area contributed by atoms with Gasteiger partial charge < -0.3 is 5.11 Å². The van der Waals surface area contributed by atoms with Gasteiger partial charge in [0.2, 0.25) is 0 Å². The Kier molecular flexibility index (Phi) is 8.23. The molecule has 17 heavy (non-hydrogen) atoms. The van der Waals surface area contributed by atoms with Gasteiger partial charge in [0, 0.05) is 0 Å². The number of nitrogens with zero attached hydrogens (tertiary/aromatic N) is 1. The van der Waals surface area contributed by atoms with Crippen LogP contribution in [0.2, 0.25) is 0 Å². The molecule has 0 aromatic heterocycles. The van der Waals surface area contributed by atoms with Crippen LogP contribution in [0, 0.1) is 0 Å². The SMILES string of the molecule is CCCCN(CCCC)C(CC)(CC)C(=O)O. The van der Waals surface area contributed by atoms with Crippen molar-refractivity contribution in [2.24, 2.45) is 0 Å². The first-order valence-electron chi connectivity index (χ1n) is 7.07. The molecule has 0 aliphatic rings. The summed E-state index contributed by atoms with van der Waals surface area (Å²) in [7, 11) is 0. The second kappa shape index (κ2) is 8.51. The molecule has 0 aliphatic heterocycles. The predicted octanol–water partition coefficient (Wildman–Crippen LogP) is 3.53. The van der Waals surface area contributed by atoms with Crippen LogP contribution in [0.3, 0.4) is 0 Å². The molecule has 0 fully saturated rings. The summed E-state index contributed by atoms with van der Waals surface area (Å²) in [5.74, 6) is -0.658. The van der Waals surface area contributed by atoms with Gasteiger partial charge in [-0.1, -0.05) is 40.5 Å². The highest BCUT2D eigenvalue weighted by Gasteiger charge is 2.40. The lowest BCUT2D eigenvalue weighted by Crippen LogP contribution is -2.54. The van der Waals surface area contributed by atoms with Gasteiger partial charge in [-0.2, -0.15) is 0 Å². The van der Waals surface area contributed by atoms with Crippen LogP contribution >= 0.6 is 0 Å². The Hall–Kier alpha value is -0.570. The van der Waals surface area contributed by atoms with E-state index in [4.69, 9.17) is 0 Å². The average molecular weight is 243 g/mol. The Morgan fingerprint density at radius 3 is 1.65 bits per heavy atom. The van der Waals surface area contributed by atoms with Crippen molar-refractivity contribution >= 4 is 5.97 Å². The monoisotopic (exact) mass is 243 g/mol. The number of aliphatic carboxylic acids is 1. The van der Waals surface area contributed by atoms with Crippen LogP contribution in [-0.4, -0.2) is 34.6 Å². The lowest BCUT2D eigenvalue weighted by Gasteiger charge is -2.39. The summed E-state index contributed by atoms with van der Waals surface area (Å²) in [6, 6.07) is 0. The number of rotatable bonds is 10. The summed E-state index contributed by atoms with van der Waals surface area (Å²) in [6.07, 6.45) is 5.77. The van der Waals surface area contributed by atoms with Crippen molar-refractivity contribution in [2.45, 2.75) is 71.8 Å². The normalized spacial score (nSPS) is 12.1. The molecule has 0 radical (unpaired) electrons. The molecule has 0 rings (SSSR count). The van der Waals surface area contributed by atoms with Crippen molar-refractivity contribution in [2.75, 3.05) is 13.1 Å². The van der Waals surface area contributed by atoms with E-state index in [1.54, 1.807) is 0 Å². The molecule has 0 aliphatic carbocycles. The van der Waals surface area contributed by atoms with E-state index < -0.39 is 11.5 Å². The van der Waals surface area contributed by atoms with Crippen molar-refractivity contribution in [1.82, 2.24) is 4.90 Å². The van der Waals surface area contributed by atoms with E-state index in [9.17, 15) is 9.90 Å². The topological polar surface area (TPSA) is 40.5 Å². The Balaban J connectivity index is 4.84. The molecule has 0 heterocycles. The zero-order valence-electron chi connectivity index (χ0n) is 12.0. The van der Waals surface area contributed by atoms with Crippen LogP contribution in [0.1, 0.15) is 66.2 Å². The Morgan fingerprint density at radius 1 is 1.00 bits per heavy atom. The van der Waals surface area contributed by atoms with E-state index in [1.807, 2.05) is 13.8 Å². The number of hydrogen-bond acceptors (Lipinski definition) is 2. The van der Waals surface area contributed by atoms with E-state index in [-0.39, 0.29) is 0 Å². The molecule has 0 aromatic carbocycles. The molecule has 0 amide bonds. The van der Waals surface area contributed by atoms with Crippen molar-refractivity contribution in [3.05, 3.63) is 0 Å². The number of carbonyl (C=O) groups is 1. The molecule has 3 heteroatoms. The van der Waals surface area contributed by atoms with Crippen molar-refractivity contribution in [3.63, 3.8) is 0 Å². The first kappa shape index (κ1) is 16.4.